The van der Waals surface area contributed by atoms with E-state index in [-0.39, 0.29) is 30.9 Å². The molecule has 0 saturated carbocycles. The minimum absolute atomic E-state index is 0.0726. The molecule has 20 heavy (non-hydrogen) atoms. The maximum atomic E-state index is 12.2. The van der Waals surface area contributed by atoms with Crippen molar-refractivity contribution >= 4 is 5.78 Å². The minimum atomic E-state index is -4.26. The van der Waals surface area contributed by atoms with E-state index in [1.807, 2.05) is 0 Å². The molecule has 1 aromatic rings. The molecule has 1 aromatic heterocycles. The fraction of sp³-hybridized carbons (Fsp3) is 0.538. The van der Waals surface area contributed by atoms with Gasteiger partial charge in [0.05, 0.1) is 12.1 Å². The third kappa shape index (κ3) is 4.80. The zero-order chi connectivity index (χ0) is 15.3. The van der Waals surface area contributed by atoms with Gasteiger partial charge in [-0.2, -0.15) is 13.2 Å². The molecule has 0 aromatic carbocycles. The summed E-state index contributed by atoms with van der Waals surface area (Å²) in [5.41, 5.74) is -0.381. The fourth-order valence-corrected chi connectivity index (χ4v) is 1.78. The quantitative estimate of drug-likeness (QED) is 0.752. The molecule has 4 nitrogen and oxygen atoms in total. The number of carbonyl (C=O) groups is 1. The van der Waals surface area contributed by atoms with Crippen LogP contribution in [0.4, 0.5) is 13.2 Å². The fourth-order valence-electron chi connectivity index (χ4n) is 1.78. The van der Waals surface area contributed by atoms with E-state index in [1.165, 1.54) is 23.9 Å². The van der Waals surface area contributed by atoms with E-state index < -0.39 is 18.3 Å². The second kappa shape index (κ2) is 6.69. The van der Waals surface area contributed by atoms with Crippen LogP contribution in [0.5, 0.6) is 0 Å². The number of pyridine rings is 1. The van der Waals surface area contributed by atoms with E-state index in [9.17, 15) is 22.8 Å². The van der Waals surface area contributed by atoms with Gasteiger partial charge in [-0.05, 0) is 19.2 Å². The number of Topliss-reactive ketones (excluding diaryl/α,β-unsaturated/α-hetero) is 1. The summed E-state index contributed by atoms with van der Waals surface area (Å²) >= 11 is 0. The molecule has 0 atom stereocenters. The highest BCUT2D eigenvalue weighted by atomic mass is 19.4. The van der Waals surface area contributed by atoms with Gasteiger partial charge in [-0.1, -0.05) is 6.92 Å². The smallest absolute Gasteiger partial charge is 0.314 e. The molecular formula is C13H17F3N2O2. The second-order valence-electron chi connectivity index (χ2n) is 4.55. The predicted octanol–water partition coefficient (Wildman–Crippen LogP) is 1.94. The number of hydrogen-bond donors (Lipinski definition) is 0. The van der Waals surface area contributed by atoms with E-state index in [0.29, 0.717) is 0 Å². The molecule has 0 saturated heterocycles. The summed E-state index contributed by atoms with van der Waals surface area (Å²) in [6, 6.07) is 2.98. The lowest BCUT2D eigenvalue weighted by atomic mass is 10.1. The Balaban J connectivity index is 2.75. The highest BCUT2D eigenvalue weighted by molar-refractivity contribution is 5.95. The van der Waals surface area contributed by atoms with E-state index in [4.69, 9.17) is 0 Å². The molecule has 0 fully saturated rings. The van der Waals surface area contributed by atoms with E-state index in [2.05, 4.69) is 0 Å². The molecule has 0 bridgehead atoms. The van der Waals surface area contributed by atoms with Crippen LogP contribution in [0, 0.1) is 0 Å². The van der Waals surface area contributed by atoms with Gasteiger partial charge in [0, 0.05) is 25.7 Å². The Hall–Kier alpha value is -1.63. The number of rotatable bonds is 6. The topological polar surface area (TPSA) is 42.3 Å². The molecule has 1 heterocycles. The average Bonchev–Trinajstić information content (AvgIpc) is 2.34. The molecular weight excluding hydrogens is 273 g/mol. The molecule has 0 unspecified atom stereocenters. The third-order valence-corrected chi connectivity index (χ3v) is 2.81. The van der Waals surface area contributed by atoms with Crippen molar-refractivity contribution in [2.75, 3.05) is 20.1 Å². The predicted molar refractivity (Wildman–Crippen MR) is 68.9 cm³/mol. The number of carbonyl (C=O) groups excluding carboxylic acids is 1. The number of ketones is 1. The number of halogens is 3. The molecule has 0 N–H and O–H groups in total. The Bertz CT molecular complexity index is 523. The lowest BCUT2D eigenvalue weighted by molar-refractivity contribution is -0.143. The van der Waals surface area contributed by atoms with Crippen LogP contribution in [0.1, 0.15) is 23.7 Å². The Morgan fingerprint density at radius 2 is 2.05 bits per heavy atom. The number of alkyl halides is 3. The standard InChI is InChI=1S/C13H17F3N2O2/c1-3-11(19)10-5-4-6-18(12(10)20)8-7-17(2)9-13(14,15)16/h4-6H,3,7-9H2,1-2H3. The number of hydrogen-bond acceptors (Lipinski definition) is 3. The largest absolute Gasteiger partial charge is 0.401 e. The molecule has 0 aliphatic carbocycles. The van der Waals surface area contributed by atoms with Gasteiger partial charge < -0.3 is 4.57 Å². The van der Waals surface area contributed by atoms with Crippen molar-refractivity contribution in [2.24, 2.45) is 0 Å². The minimum Gasteiger partial charge on any atom is -0.314 e. The van der Waals surface area contributed by atoms with Crippen molar-refractivity contribution < 1.29 is 18.0 Å². The van der Waals surface area contributed by atoms with Gasteiger partial charge in [-0.15, -0.1) is 0 Å². The summed E-state index contributed by atoms with van der Waals surface area (Å²) < 4.78 is 37.8. The van der Waals surface area contributed by atoms with Gasteiger partial charge >= 0.3 is 6.18 Å². The van der Waals surface area contributed by atoms with Crippen LogP contribution < -0.4 is 5.56 Å². The summed E-state index contributed by atoms with van der Waals surface area (Å²) in [6.45, 7) is 0.797. The number of likely N-dealkylation sites (N-methyl/N-ethyl adjacent to an activating group) is 1. The van der Waals surface area contributed by atoms with Gasteiger partial charge in [0.15, 0.2) is 5.78 Å². The highest BCUT2D eigenvalue weighted by Gasteiger charge is 2.28. The highest BCUT2D eigenvalue weighted by Crippen LogP contribution is 2.15. The van der Waals surface area contributed by atoms with Crippen LogP contribution in [-0.4, -0.2) is 41.6 Å². The number of aromatic nitrogens is 1. The van der Waals surface area contributed by atoms with Gasteiger partial charge in [0.1, 0.15) is 0 Å². The Morgan fingerprint density at radius 3 is 2.60 bits per heavy atom. The lowest BCUT2D eigenvalue weighted by Gasteiger charge is -2.19. The lowest BCUT2D eigenvalue weighted by Crippen LogP contribution is -2.35. The van der Waals surface area contributed by atoms with E-state index in [0.717, 1.165) is 4.90 Å². The van der Waals surface area contributed by atoms with Crippen molar-refractivity contribution in [3.8, 4) is 0 Å². The first-order chi connectivity index (χ1) is 9.24. The molecule has 0 aliphatic heterocycles. The monoisotopic (exact) mass is 290 g/mol. The molecule has 7 heteroatoms. The molecule has 0 radical (unpaired) electrons. The summed E-state index contributed by atoms with van der Waals surface area (Å²) in [7, 11) is 1.33. The maximum Gasteiger partial charge on any atom is 0.401 e. The van der Waals surface area contributed by atoms with Crippen LogP contribution >= 0.6 is 0 Å². The summed E-state index contributed by atoms with van der Waals surface area (Å²) in [4.78, 5) is 24.6. The van der Waals surface area contributed by atoms with E-state index in [1.54, 1.807) is 13.0 Å². The van der Waals surface area contributed by atoms with Crippen molar-refractivity contribution in [1.29, 1.82) is 0 Å². The van der Waals surface area contributed by atoms with Crippen molar-refractivity contribution in [3.63, 3.8) is 0 Å². The van der Waals surface area contributed by atoms with Crippen LogP contribution in [0.15, 0.2) is 23.1 Å². The first kappa shape index (κ1) is 16.4. The normalized spacial score (nSPS) is 11.9. The van der Waals surface area contributed by atoms with E-state index >= 15 is 0 Å². The zero-order valence-electron chi connectivity index (χ0n) is 11.4. The van der Waals surface area contributed by atoms with Crippen molar-refractivity contribution in [1.82, 2.24) is 9.47 Å². The molecule has 0 aliphatic rings. The SMILES string of the molecule is CCC(=O)c1cccn(CCN(C)CC(F)(F)F)c1=O. The first-order valence-corrected chi connectivity index (χ1v) is 6.22. The second-order valence-corrected chi connectivity index (χ2v) is 4.55. The van der Waals surface area contributed by atoms with Crippen LogP contribution in [0.3, 0.4) is 0 Å². The zero-order valence-corrected chi connectivity index (χ0v) is 11.4. The van der Waals surface area contributed by atoms with Crippen LogP contribution in [0.2, 0.25) is 0 Å². The molecule has 0 amide bonds. The van der Waals surface area contributed by atoms with Crippen molar-refractivity contribution in [3.05, 3.63) is 34.2 Å². The van der Waals surface area contributed by atoms with Gasteiger partial charge in [0.25, 0.3) is 5.56 Å². The van der Waals surface area contributed by atoms with Crippen LogP contribution in [-0.2, 0) is 6.54 Å². The first-order valence-electron chi connectivity index (χ1n) is 6.22. The Kier molecular flexibility index (Phi) is 5.50. The molecule has 1 rings (SSSR count). The van der Waals surface area contributed by atoms with Gasteiger partial charge in [0.2, 0.25) is 0 Å². The molecule has 112 valence electrons. The third-order valence-electron chi connectivity index (χ3n) is 2.81. The summed E-state index contributed by atoms with van der Waals surface area (Å²) in [5, 5.41) is 0. The van der Waals surface area contributed by atoms with Gasteiger partial charge in [-0.25, -0.2) is 0 Å². The number of nitrogens with zero attached hydrogens (tertiary/aromatic N) is 2. The summed E-state index contributed by atoms with van der Waals surface area (Å²) in [5.74, 6) is -0.270. The average molecular weight is 290 g/mol. The van der Waals surface area contributed by atoms with Gasteiger partial charge in [-0.3, -0.25) is 14.5 Å². The summed E-state index contributed by atoms with van der Waals surface area (Å²) in [6.07, 6.45) is -2.58. The maximum absolute atomic E-state index is 12.2. The Morgan fingerprint density at radius 1 is 1.40 bits per heavy atom. The van der Waals surface area contributed by atoms with Crippen molar-refractivity contribution in [2.45, 2.75) is 26.1 Å². The van der Waals surface area contributed by atoms with Crippen LogP contribution in [0.25, 0.3) is 0 Å². The Labute approximate surface area is 114 Å². The molecule has 0 spiro atoms.